The average molecular weight is 750 g/mol. The van der Waals surface area contributed by atoms with Crippen LogP contribution in [0.3, 0.4) is 0 Å². The van der Waals surface area contributed by atoms with Crippen LogP contribution in [0.15, 0.2) is 58.7 Å². The van der Waals surface area contributed by atoms with Crippen LogP contribution in [-0.2, 0) is 18.3 Å². The maximum Gasteiger partial charge on any atom is 0.242 e. The number of carbonyl (C=O) groups excluding carboxylic acids is 1. The SMILES string of the molecule is CSNc1nn(C)c2c(-c3ccc(C#CC(C)(C)O)nc3C(Cc3cc(F)cc(F)c3)NC(=O)CN=C(C)C(CCO)=C(N)C3CC3)ccc(Cl)c12. The number of pyridine rings is 1. The number of aryl methyl sites for hydroxylation is 1. The molecule has 4 aromatic rings. The lowest BCUT2D eigenvalue weighted by Gasteiger charge is -2.22. The summed E-state index contributed by atoms with van der Waals surface area (Å²) in [5, 5.41) is 28.8. The summed E-state index contributed by atoms with van der Waals surface area (Å²) in [4.78, 5) is 23.1. The first kappa shape index (κ1) is 38.7. The predicted octanol–water partition coefficient (Wildman–Crippen LogP) is 6.25. The molecule has 10 nitrogen and oxygen atoms in total. The minimum Gasteiger partial charge on any atom is -0.402 e. The molecule has 274 valence electrons. The first-order valence-electron chi connectivity index (χ1n) is 16.7. The number of aliphatic imine (C=N–C) groups is 1. The van der Waals surface area contributed by atoms with Crippen molar-refractivity contribution >= 4 is 51.9 Å². The van der Waals surface area contributed by atoms with Gasteiger partial charge in [-0.3, -0.25) is 14.5 Å². The van der Waals surface area contributed by atoms with Crippen molar-refractivity contribution in [2.75, 3.05) is 24.1 Å². The number of nitrogens with two attached hydrogens (primary N) is 1. The Balaban J connectivity index is 1.65. The second-order valence-corrected chi connectivity index (χ2v) is 14.2. The Kier molecular flexibility index (Phi) is 12.3. The number of aliphatic hydroxyl groups is 2. The van der Waals surface area contributed by atoms with Gasteiger partial charge in [-0.1, -0.05) is 35.5 Å². The normalized spacial score (nSPS) is 14.5. The summed E-state index contributed by atoms with van der Waals surface area (Å²) in [6, 6.07) is 9.32. The molecule has 0 radical (unpaired) electrons. The van der Waals surface area contributed by atoms with Crippen molar-refractivity contribution in [2.45, 2.75) is 58.1 Å². The Hall–Kier alpha value is -4.48. The number of nitrogens with zero attached hydrogens (tertiary/aromatic N) is 4. The van der Waals surface area contributed by atoms with Gasteiger partial charge in [-0.05, 0) is 99.8 Å². The lowest BCUT2D eigenvalue weighted by atomic mass is 9.93. The Labute approximate surface area is 311 Å². The molecular weight excluding hydrogens is 708 g/mol. The van der Waals surface area contributed by atoms with Crippen LogP contribution in [0.4, 0.5) is 14.6 Å². The Bertz CT molecular complexity index is 2090. The maximum atomic E-state index is 14.5. The number of rotatable bonds is 13. The van der Waals surface area contributed by atoms with Crippen molar-refractivity contribution in [2.24, 2.45) is 23.7 Å². The van der Waals surface area contributed by atoms with Crippen LogP contribution >= 0.6 is 23.5 Å². The molecule has 52 heavy (non-hydrogen) atoms. The summed E-state index contributed by atoms with van der Waals surface area (Å²) in [7, 11) is 1.79. The standard InChI is InChI=1S/C38H42ClF2N7O3S/c1-21(27(13-15-49)34(42)23-6-7-23)43-20-32(50)45-31(18-22-16-24(40)19-25(41)17-22)35-28(9-8-26(44-35)12-14-38(2,3)51)29-10-11-30(39)33-36(29)48(4)46-37(33)47-52-5/h8-11,16-17,19,23,31,49,51H,6-7,13,15,18,20,42H2,1-5H3,(H,45,50)(H,46,47). The third-order valence-corrected chi connectivity index (χ3v) is 9.21. The van der Waals surface area contributed by atoms with Crippen LogP contribution in [0.2, 0.25) is 5.02 Å². The number of aromatic nitrogens is 3. The molecule has 1 aliphatic carbocycles. The van der Waals surface area contributed by atoms with E-state index in [2.05, 4.69) is 32.0 Å². The van der Waals surface area contributed by atoms with Crippen molar-refractivity contribution in [3.8, 4) is 23.0 Å². The molecule has 1 atom stereocenters. The summed E-state index contributed by atoms with van der Waals surface area (Å²) in [5.41, 5.74) is 9.89. The van der Waals surface area contributed by atoms with Gasteiger partial charge in [-0.2, -0.15) is 5.10 Å². The van der Waals surface area contributed by atoms with Gasteiger partial charge in [0.1, 0.15) is 29.5 Å². The second-order valence-electron chi connectivity index (χ2n) is 13.2. The van der Waals surface area contributed by atoms with Crippen LogP contribution in [0, 0.1) is 29.4 Å². The highest BCUT2D eigenvalue weighted by Gasteiger charge is 2.28. The van der Waals surface area contributed by atoms with Gasteiger partial charge in [0.05, 0.1) is 27.7 Å². The summed E-state index contributed by atoms with van der Waals surface area (Å²) < 4.78 is 33.9. The third kappa shape index (κ3) is 9.49. The molecule has 2 heterocycles. The van der Waals surface area contributed by atoms with Crippen molar-refractivity contribution in [1.82, 2.24) is 20.1 Å². The van der Waals surface area contributed by atoms with Crippen LogP contribution in [0.1, 0.15) is 63.0 Å². The first-order valence-corrected chi connectivity index (χ1v) is 18.4. The van der Waals surface area contributed by atoms with Gasteiger partial charge < -0.3 is 26.0 Å². The zero-order valence-electron chi connectivity index (χ0n) is 29.6. The molecule has 6 N–H and O–H groups in total. The number of hydrogen-bond acceptors (Lipinski definition) is 9. The van der Waals surface area contributed by atoms with E-state index in [1.807, 2.05) is 12.3 Å². The van der Waals surface area contributed by atoms with Gasteiger partial charge in [0, 0.05) is 48.5 Å². The quantitative estimate of drug-likeness (QED) is 0.0612. The van der Waals surface area contributed by atoms with Crippen LogP contribution < -0.4 is 15.8 Å². The number of amides is 1. The van der Waals surface area contributed by atoms with E-state index in [4.69, 9.17) is 22.3 Å². The molecule has 0 aliphatic heterocycles. The average Bonchev–Trinajstić information content (AvgIpc) is 3.88. The monoisotopic (exact) mass is 749 g/mol. The molecule has 0 spiro atoms. The van der Waals surface area contributed by atoms with E-state index >= 15 is 0 Å². The number of aliphatic hydroxyl groups excluding tert-OH is 1. The lowest BCUT2D eigenvalue weighted by Crippen LogP contribution is -2.33. The van der Waals surface area contributed by atoms with Crippen molar-refractivity contribution in [3.63, 3.8) is 0 Å². The number of fused-ring (bicyclic) bond motifs is 1. The molecule has 5 rings (SSSR count). The fourth-order valence-corrected chi connectivity index (χ4v) is 6.59. The Morgan fingerprint density at radius 1 is 1.19 bits per heavy atom. The summed E-state index contributed by atoms with van der Waals surface area (Å²) in [5.74, 6) is 4.47. The number of benzene rings is 2. The van der Waals surface area contributed by atoms with Crippen LogP contribution in [0.25, 0.3) is 22.0 Å². The van der Waals surface area contributed by atoms with E-state index in [9.17, 15) is 23.8 Å². The van der Waals surface area contributed by atoms with Gasteiger partial charge >= 0.3 is 0 Å². The molecule has 1 aliphatic rings. The van der Waals surface area contributed by atoms with E-state index in [-0.39, 0.29) is 31.1 Å². The summed E-state index contributed by atoms with van der Waals surface area (Å²) in [6.45, 7) is 4.46. The summed E-state index contributed by atoms with van der Waals surface area (Å²) >= 11 is 8.07. The molecule has 1 unspecified atom stereocenters. The van der Waals surface area contributed by atoms with Crippen LogP contribution in [0.5, 0.6) is 0 Å². The largest absolute Gasteiger partial charge is 0.402 e. The van der Waals surface area contributed by atoms with E-state index in [0.717, 1.165) is 24.5 Å². The van der Waals surface area contributed by atoms with Gasteiger partial charge in [0.15, 0.2) is 5.82 Å². The van der Waals surface area contributed by atoms with E-state index in [1.54, 1.807) is 50.7 Å². The number of anilines is 1. The Morgan fingerprint density at radius 2 is 1.88 bits per heavy atom. The summed E-state index contributed by atoms with van der Waals surface area (Å²) in [6.07, 6.45) is 4.08. The molecule has 1 saturated carbocycles. The van der Waals surface area contributed by atoms with E-state index in [0.29, 0.717) is 62.1 Å². The van der Waals surface area contributed by atoms with Gasteiger partial charge in [-0.25, -0.2) is 13.8 Å². The zero-order chi connectivity index (χ0) is 37.7. The predicted molar refractivity (Wildman–Crippen MR) is 204 cm³/mol. The minimum atomic E-state index is -1.31. The topological polar surface area (TPSA) is 151 Å². The molecule has 0 saturated heterocycles. The molecule has 1 fully saturated rings. The van der Waals surface area contributed by atoms with Gasteiger partial charge in [0.25, 0.3) is 0 Å². The third-order valence-electron chi connectivity index (χ3n) is 8.50. The van der Waals surface area contributed by atoms with Crippen molar-refractivity contribution < 1.29 is 23.8 Å². The van der Waals surface area contributed by atoms with Crippen molar-refractivity contribution in [1.29, 1.82) is 0 Å². The number of hydrogen-bond donors (Lipinski definition) is 5. The number of halogens is 3. The highest BCUT2D eigenvalue weighted by Crippen LogP contribution is 2.40. The number of nitrogens with one attached hydrogen (secondary N) is 2. The van der Waals surface area contributed by atoms with Crippen LogP contribution in [-0.4, -0.2) is 61.6 Å². The second kappa shape index (κ2) is 16.5. The first-order chi connectivity index (χ1) is 24.7. The fourth-order valence-electron chi connectivity index (χ4n) is 6.01. The minimum absolute atomic E-state index is 0.0445. The van der Waals surface area contributed by atoms with Crippen molar-refractivity contribution in [3.05, 3.63) is 87.3 Å². The molecule has 14 heteroatoms. The number of carbonyl (C=O) groups is 1. The highest BCUT2D eigenvalue weighted by atomic mass is 35.5. The smallest absolute Gasteiger partial charge is 0.242 e. The molecule has 2 aromatic heterocycles. The van der Waals surface area contributed by atoms with E-state index < -0.39 is 29.2 Å². The van der Waals surface area contributed by atoms with E-state index in [1.165, 1.54) is 24.1 Å². The maximum absolute atomic E-state index is 14.5. The molecule has 1 amide bonds. The lowest BCUT2D eigenvalue weighted by molar-refractivity contribution is -0.120. The zero-order valence-corrected chi connectivity index (χ0v) is 31.2. The fraction of sp³-hybridized carbons (Fsp3) is 0.368. The molecule has 2 aromatic carbocycles. The van der Waals surface area contributed by atoms with Gasteiger partial charge in [-0.15, -0.1) is 0 Å². The Morgan fingerprint density at radius 3 is 2.52 bits per heavy atom. The molecular formula is C38H42ClF2N7O3S. The van der Waals surface area contributed by atoms with Gasteiger partial charge in [0.2, 0.25) is 5.91 Å². The highest BCUT2D eigenvalue weighted by molar-refractivity contribution is 7.99. The molecule has 0 bridgehead atoms. The number of allylic oxidation sites excluding steroid dienone is 1.